The van der Waals surface area contributed by atoms with E-state index >= 15 is 0 Å². The molecule has 1 unspecified atom stereocenters. The molecule has 3 aromatic rings. The van der Waals surface area contributed by atoms with E-state index in [0.717, 1.165) is 6.42 Å². The highest BCUT2D eigenvalue weighted by Crippen LogP contribution is 2.19. The minimum absolute atomic E-state index is 0.0846. The van der Waals surface area contributed by atoms with Crippen molar-refractivity contribution in [2.24, 2.45) is 0 Å². The monoisotopic (exact) mass is 383 g/mol. The van der Waals surface area contributed by atoms with E-state index in [1.807, 2.05) is 18.2 Å². The normalized spacial score (nSPS) is 11.7. The number of amides is 2. The van der Waals surface area contributed by atoms with Crippen molar-refractivity contribution in [3.8, 4) is 0 Å². The topological polar surface area (TPSA) is 84.2 Å². The van der Waals surface area contributed by atoms with Crippen LogP contribution >= 0.6 is 11.3 Å². The number of benzene rings is 1. The van der Waals surface area contributed by atoms with Gasteiger partial charge in [-0.05, 0) is 24.1 Å². The number of rotatable bonds is 8. The molecule has 0 aliphatic heterocycles. The van der Waals surface area contributed by atoms with Crippen LogP contribution in [0, 0.1) is 0 Å². The van der Waals surface area contributed by atoms with E-state index in [1.54, 1.807) is 17.5 Å². The highest BCUT2D eigenvalue weighted by molar-refractivity contribution is 7.14. The Hall–Kier alpha value is -2.93. The number of thiazole rings is 1. The van der Waals surface area contributed by atoms with Crippen LogP contribution in [0.25, 0.3) is 0 Å². The van der Waals surface area contributed by atoms with Crippen molar-refractivity contribution in [1.29, 1.82) is 0 Å². The fraction of sp³-hybridized carbons (Fsp3) is 0.250. The number of furan rings is 1. The maximum Gasteiger partial charge on any atom is 0.293 e. The molecule has 0 saturated carbocycles. The molecule has 1 atom stereocenters. The molecule has 3 rings (SSSR count). The Bertz CT molecular complexity index is 875. The van der Waals surface area contributed by atoms with E-state index in [9.17, 15) is 9.59 Å². The molecule has 7 heteroatoms. The van der Waals surface area contributed by atoms with Gasteiger partial charge in [-0.1, -0.05) is 37.3 Å². The molecule has 0 aliphatic rings. The first-order valence-corrected chi connectivity index (χ1v) is 9.64. The summed E-state index contributed by atoms with van der Waals surface area (Å²) in [5.74, 6) is 0.0577. The molecule has 0 bridgehead atoms. The lowest BCUT2D eigenvalue weighted by molar-refractivity contribution is -0.120. The summed E-state index contributed by atoms with van der Waals surface area (Å²) in [5, 5.41) is 7.85. The van der Waals surface area contributed by atoms with Crippen molar-refractivity contribution < 1.29 is 14.0 Å². The standard InChI is InChI=1S/C20H21N3O3S/c1-2-14(15-7-4-3-5-8-15)12-21-18(24)11-16-13-27-20(22-16)23-19(25)17-9-6-10-26-17/h3-10,13-14H,2,11-12H2,1H3,(H,21,24)(H,22,23,25). The molecule has 2 N–H and O–H groups in total. The first kappa shape index (κ1) is 18.8. The number of carbonyl (C=O) groups excluding carboxylic acids is 2. The lowest BCUT2D eigenvalue weighted by Gasteiger charge is -2.16. The van der Waals surface area contributed by atoms with Crippen LogP contribution in [0.4, 0.5) is 5.13 Å². The van der Waals surface area contributed by atoms with Crippen LogP contribution in [-0.4, -0.2) is 23.3 Å². The molecular formula is C20H21N3O3S. The minimum atomic E-state index is -0.362. The van der Waals surface area contributed by atoms with E-state index in [2.05, 4.69) is 34.7 Å². The van der Waals surface area contributed by atoms with Crippen molar-refractivity contribution in [3.05, 3.63) is 71.1 Å². The van der Waals surface area contributed by atoms with E-state index in [0.29, 0.717) is 17.4 Å². The van der Waals surface area contributed by atoms with Gasteiger partial charge in [-0.3, -0.25) is 14.9 Å². The Morgan fingerprint density at radius 2 is 2.00 bits per heavy atom. The predicted octanol–water partition coefficient (Wildman–Crippen LogP) is 3.84. The Balaban J connectivity index is 1.49. The summed E-state index contributed by atoms with van der Waals surface area (Å²) < 4.78 is 5.04. The Morgan fingerprint density at radius 3 is 2.70 bits per heavy atom. The van der Waals surface area contributed by atoms with Crippen LogP contribution in [0.2, 0.25) is 0 Å². The molecule has 0 saturated heterocycles. The SMILES string of the molecule is CCC(CNC(=O)Cc1csc(NC(=O)c2ccco2)n1)c1ccccc1. The summed E-state index contributed by atoms with van der Waals surface area (Å²) in [6, 6.07) is 13.4. The Kier molecular flexibility index (Phi) is 6.38. The molecule has 27 heavy (non-hydrogen) atoms. The van der Waals surface area contributed by atoms with E-state index in [1.165, 1.54) is 23.2 Å². The highest BCUT2D eigenvalue weighted by Gasteiger charge is 2.14. The van der Waals surface area contributed by atoms with Gasteiger partial charge in [-0.15, -0.1) is 11.3 Å². The molecule has 2 aromatic heterocycles. The van der Waals surface area contributed by atoms with Gasteiger partial charge in [0.05, 0.1) is 18.4 Å². The van der Waals surface area contributed by atoms with Gasteiger partial charge >= 0.3 is 0 Å². The lowest BCUT2D eigenvalue weighted by atomic mass is 9.96. The fourth-order valence-corrected chi connectivity index (χ4v) is 3.40. The number of anilines is 1. The summed E-state index contributed by atoms with van der Waals surface area (Å²) in [6.07, 6.45) is 2.56. The van der Waals surface area contributed by atoms with Crippen molar-refractivity contribution >= 4 is 28.3 Å². The maximum absolute atomic E-state index is 12.2. The predicted molar refractivity (Wildman–Crippen MR) is 105 cm³/mol. The first-order valence-electron chi connectivity index (χ1n) is 8.76. The van der Waals surface area contributed by atoms with Crippen LogP contribution in [0.1, 0.15) is 41.1 Å². The summed E-state index contributed by atoms with van der Waals surface area (Å²) >= 11 is 1.28. The zero-order valence-electron chi connectivity index (χ0n) is 15.0. The number of hydrogen-bond donors (Lipinski definition) is 2. The van der Waals surface area contributed by atoms with Crippen molar-refractivity contribution in [2.75, 3.05) is 11.9 Å². The first-order chi connectivity index (χ1) is 13.2. The average molecular weight is 383 g/mol. The quantitative estimate of drug-likeness (QED) is 0.619. The minimum Gasteiger partial charge on any atom is -0.459 e. The molecule has 0 radical (unpaired) electrons. The van der Waals surface area contributed by atoms with Gasteiger partial charge in [-0.25, -0.2) is 4.98 Å². The van der Waals surface area contributed by atoms with Crippen LogP contribution < -0.4 is 10.6 Å². The van der Waals surface area contributed by atoms with Gasteiger partial charge in [-0.2, -0.15) is 0 Å². The molecule has 6 nitrogen and oxygen atoms in total. The largest absolute Gasteiger partial charge is 0.459 e. The third kappa shape index (κ3) is 5.27. The second kappa shape index (κ2) is 9.14. The van der Waals surface area contributed by atoms with Crippen LogP contribution in [0.5, 0.6) is 0 Å². The van der Waals surface area contributed by atoms with Crippen molar-refractivity contribution in [3.63, 3.8) is 0 Å². The lowest BCUT2D eigenvalue weighted by Crippen LogP contribution is -2.29. The van der Waals surface area contributed by atoms with Crippen LogP contribution in [0.3, 0.4) is 0 Å². The smallest absolute Gasteiger partial charge is 0.293 e. The zero-order chi connectivity index (χ0) is 19.1. The van der Waals surface area contributed by atoms with Crippen molar-refractivity contribution in [2.45, 2.75) is 25.7 Å². The second-order valence-corrected chi connectivity index (χ2v) is 6.93. The Labute approximate surface area is 161 Å². The number of nitrogens with one attached hydrogen (secondary N) is 2. The summed E-state index contributed by atoms with van der Waals surface area (Å²) in [4.78, 5) is 28.5. The molecule has 0 fully saturated rings. The van der Waals surface area contributed by atoms with Gasteiger partial charge in [0.1, 0.15) is 0 Å². The van der Waals surface area contributed by atoms with E-state index in [-0.39, 0.29) is 29.9 Å². The molecule has 1 aromatic carbocycles. The van der Waals surface area contributed by atoms with Gasteiger partial charge in [0.25, 0.3) is 5.91 Å². The summed E-state index contributed by atoms with van der Waals surface area (Å²) in [5.41, 5.74) is 1.84. The zero-order valence-corrected chi connectivity index (χ0v) is 15.8. The van der Waals surface area contributed by atoms with Crippen molar-refractivity contribution in [1.82, 2.24) is 10.3 Å². The molecule has 0 aliphatic carbocycles. The van der Waals surface area contributed by atoms with Crippen LogP contribution in [-0.2, 0) is 11.2 Å². The average Bonchev–Trinajstić information content (AvgIpc) is 3.35. The third-order valence-electron chi connectivity index (χ3n) is 4.17. The van der Waals surface area contributed by atoms with Gasteiger partial charge in [0, 0.05) is 17.8 Å². The maximum atomic E-state index is 12.2. The number of hydrogen-bond acceptors (Lipinski definition) is 5. The Morgan fingerprint density at radius 1 is 1.19 bits per heavy atom. The number of aromatic nitrogens is 1. The van der Waals surface area contributed by atoms with Crippen LogP contribution in [0.15, 0.2) is 58.5 Å². The second-order valence-electron chi connectivity index (χ2n) is 6.07. The number of nitrogens with zero attached hydrogens (tertiary/aromatic N) is 1. The summed E-state index contributed by atoms with van der Waals surface area (Å²) in [7, 11) is 0. The van der Waals surface area contributed by atoms with E-state index in [4.69, 9.17) is 4.42 Å². The third-order valence-corrected chi connectivity index (χ3v) is 4.97. The number of carbonyl (C=O) groups is 2. The highest BCUT2D eigenvalue weighted by atomic mass is 32.1. The van der Waals surface area contributed by atoms with E-state index < -0.39 is 0 Å². The van der Waals surface area contributed by atoms with Gasteiger partial charge in [0.2, 0.25) is 5.91 Å². The van der Waals surface area contributed by atoms with Gasteiger partial charge < -0.3 is 9.73 Å². The molecule has 2 amide bonds. The molecular weight excluding hydrogens is 362 g/mol. The molecule has 2 heterocycles. The fourth-order valence-electron chi connectivity index (χ4n) is 2.70. The molecule has 140 valence electrons. The molecule has 0 spiro atoms. The summed E-state index contributed by atoms with van der Waals surface area (Å²) in [6.45, 7) is 2.70. The van der Waals surface area contributed by atoms with Gasteiger partial charge in [0.15, 0.2) is 10.9 Å².